The van der Waals surface area contributed by atoms with Gasteiger partial charge in [-0.25, -0.2) is 4.98 Å². The molecule has 0 saturated carbocycles. The molecule has 0 radical (unpaired) electrons. The Morgan fingerprint density at radius 3 is 2.55 bits per heavy atom. The first-order valence-corrected chi connectivity index (χ1v) is 3.86. The van der Waals surface area contributed by atoms with Crippen LogP contribution in [0.25, 0.3) is 0 Å². The highest BCUT2D eigenvalue weighted by atomic mass is 35.5. The van der Waals surface area contributed by atoms with E-state index < -0.39 is 6.10 Å². The van der Waals surface area contributed by atoms with Crippen LogP contribution in [0.15, 0.2) is 12.3 Å². The van der Waals surface area contributed by atoms with Crippen LogP contribution in [0.4, 0.5) is 0 Å². The van der Waals surface area contributed by atoms with Gasteiger partial charge in [0, 0.05) is 11.8 Å². The number of nitrogens with zero attached hydrogens (tertiary/aromatic N) is 1. The Kier molecular flexibility index (Phi) is 2.71. The van der Waals surface area contributed by atoms with Gasteiger partial charge >= 0.3 is 0 Å². The summed E-state index contributed by atoms with van der Waals surface area (Å²) in [5.74, 6) is 0. The van der Waals surface area contributed by atoms with Gasteiger partial charge in [-0.1, -0.05) is 23.2 Å². The van der Waals surface area contributed by atoms with Gasteiger partial charge in [0.2, 0.25) is 0 Å². The Balaban J connectivity index is 3.21. The lowest BCUT2D eigenvalue weighted by Crippen LogP contribution is -1.94. The minimum atomic E-state index is -0.677. The summed E-state index contributed by atoms with van der Waals surface area (Å²) in [6, 6.07) is 1.59. The Morgan fingerprint density at radius 2 is 2.18 bits per heavy atom. The summed E-state index contributed by atoms with van der Waals surface area (Å²) in [5.41, 5.74) is 0.482. The lowest BCUT2D eigenvalue weighted by Gasteiger charge is -2.07. The monoisotopic (exact) mass is 191 g/mol. The maximum absolute atomic E-state index is 9.18. The standard InChI is InChI=1S/C7H7Cl2NO/c1-4(11)6-5(8)2-3-10-7(6)9/h2-4,11H,1H3. The van der Waals surface area contributed by atoms with Crippen molar-refractivity contribution in [2.24, 2.45) is 0 Å². The van der Waals surface area contributed by atoms with Crippen LogP contribution in [0, 0.1) is 0 Å². The number of aromatic nitrogens is 1. The predicted molar refractivity (Wildman–Crippen MR) is 44.9 cm³/mol. The average Bonchev–Trinajstić information content (AvgIpc) is 1.85. The molecule has 1 rings (SSSR count). The first-order valence-electron chi connectivity index (χ1n) is 3.11. The largest absolute Gasteiger partial charge is 0.389 e. The van der Waals surface area contributed by atoms with Crippen molar-refractivity contribution in [1.29, 1.82) is 0 Å². The van der Waals surface area contributed by atoms with Gasteiger partial charge in [0.15, 0.2) is 0 Å². The van der Waals surface area contributed by atoms with Gasteiger partial charge in [-0.05, 0) is 13.0 Å². The molecule has 0 aliphatic carbocycles. The molecule has 1 N–H and O–H groups in total. The maximum Gasteiger partial charge on any atom is 0.136 e. The average molecular weight is 192 g/mol. The number of rotatable bonds is 1. The lowest BCUT2D eigenvalue weighted by molar-refractivity contribution is 0.199. The number of hydrogen-bond donors (Lipinski definition) is 1. The summed E-state index contributed by atoms with van der Waals surface area (Å²) in [6.07, 6.45) is 0.819. The molecule has 1 unspecified atom stereocenters. The van der Waals surface area contributed by atoms with E-state index >= 15 is 0 Å². The van der Waals surface area contributed by atoms with Gasteiger partial charge in [-0.2, -0.15) is 0 Å². The Morgan fingerprint density at radius 1 is 1.55 bits per heavy atom. The molecule has 60 valence electrons. The van der Waals surface area contributed by atoms with Crippen LogP contribution in [-0.4, -0.2) is 10.1 Å². The van der Waals surface area contributed by atoms with E-state index in [1.807, 2.05) is 0 Å². The van der Waals surface area contributed by atoms with E-state index in [2.05, 4.69) is 4.98 Å². The van der Waals surface area contributed by atoms with Crippen LogP contribution in [0.1, 0.15) is 18.6 Å². The van der Waals surface area contributed by atoms with Crippen molar-refractivity contribution in [2.75, 3.05) is 0 Å². The van der Waals surface area contributed by atoms with Crippen molar-refractivity contribution >= 4 is 23.2 Å². The Hall–Kier alpha value is -0.310. The van der Waals surface area contributed by atoms with Crippen LogP contribution >= 0.6 is 23.2 Å². The molecule has 0 aromatic carbocycles. The molecule has 11 heavy (non-hydrogen) atoms. The molecule has 0 amide bonds. The third kappa shape index (κ3) is 1.83. The molecular weight excluding hydrogens is 185 g/mol. The molecule has 1 aromatic rings. The second kappa shape index (κ2) is 3.39. The summed E-state index contributed by atoms with van der Waals surface area (Å²) >= 11 is 11.4. The lowest BCUT2D eigenvalue weighted by atomic mass is 10.2. The van der Waals surface area contributed by atoms with Gasteiger partial charge in [0.05, 0.1) is 11.1 Å². The smallest absolute Gasteiger partial charge is 0.136 e. The number of pyridine rings is 1. The summed E-state index contributed by atoms with van der Waals surface area (Å²) < 4.78 is 0. The van der Waals surface area contributed by atoms with E-state index in [-0.39, 0.29) is 5.15 Å². The molecule has 1 heterocycles. The molecule has 0 saturated heterocycles. The van der Waals surface area contributed by atoms with E-state index in [0.29, 0.717) is 10.6 Å². The van der Waals surface area contributed by atoms with Crippen LogP contribution < -0.4 is 0 Å². The van der Waals surface area contributed by atoms with Crippen LogP contribution in [0.3, 0.4) is 0 Å². The zero-order chi connectivity index (χ0) is 8.43. The third-order valence-corrected chi connectivity index (χ3v) is 1.94. The number of aliphatic hydroxyl groups excluding tert-OH is 1. The van der Waals surface area contributed by atoms with E-state index in [1.54, 1.807) is 13.0 Å². The molecule has 2 nitrogen and oxygen atoms in total. The first kappa shape index (κ1) is 8.78. The molecule has 0 bridgehead atoms. The van der Waals surface area contributed by atoms with Crippen molar-refractivity contribution in [3.63, 3.8) is 0 Å². The summed E-state index contributed by atoms with van der Waals surface area (Å²) in [5, 5.41) is 9.88. The van der Waals surface area contributed by atoms with Gasteiger partial charge < -0.3 is 5.11 Å². The number of hydrogen-bond acceptors (Lipinski definition) is 2. The third-order valence-electron chi connectivity index (χ3n) is 1.31. The normalized spacial score (nSPS) is 13.1. The van der Waals surface area contributed by atoms with Crippen LogP contribution in [0.2, 0.25) is 10.2 Å². The SMILES string of the molecule is CC(O)c1c(Cl)ccnc1Cl. The predicted octanol–water partition coefficient (Wildman–Crippen LogP) is 2.44. The molecule has 0 aliphatic heterocycles. The van der Waals surface area contributed by atoms with Crippen LogP contribution in [-0.2, 0) is 0 Å². The number of aliphatic hydroxyl groups is 1. The second-order valence-electron chi connectivity index (χ2n) is 2.17. The highest BCUT2D eigenvalue weighted by molar-refractivity contribution is 6.35. The fourth-order valence-corrected chi connectivity index (χ4v) is 1.47. The quantitative estimate of drug-likeness (QED) is 0.693. The Bertz CT molecular complexity index is 242. The van der Waals surface area contributed by atoms with Gasteiger partial charge in [0.1, 0.15) is 5.15 Å². The van der Waals surface area contributed by atoms with Crippen LogP contribution in [0.5, 0.6) is 0 Å². The summed E-state index contributed by atoms with van der Waals surface area (Å²) in [6.45, 7) is 1.59. The molecule has 0 spiro atoms. The van der Waals surface area contributed by atoms with Gasteiger partial charge in [-0.3, -0.25) is 0 Å². The first-order chi connectivity index (χ1) is 5.13. The van der Waals surface area contributed by atoms with Crippen molar-refractivity contribution in [2.45, 2.75) is 13.0 Å². The molecular formula is C7H7Cl2NO. The van der Waals surface area contributed by atoms with Gasteiger partial charge in [0.25, 0.3) is 0 Å². The number of halogens is 2. The second-order valence-corrected chi connectivity index (χ2v) is 2.94. The zero-order valence-electron chi connectivity index (χ0n) is 5.88. The maximum atomic E-state index is 9.18. The molecule has 1 aromatic heterocycles. The van der Waals surface area contributed by atoms with E-state index in [1.165, 1.54) is 6.20 Å². The molecule has 0 aliphatic rings. The summed E-state index contributed by atoms with van der Waals surface area (Å²) in [4.78, 5) is 3.78. The molecule has 0 fully saturated rings. The highest BCUT2D eigenvalue weighted by Crippen LogP contribution is 2.27. The van der Waals surface area contributed by atoms with E-state index in [4.69, 9.17) is 23.2 Å². The van der Waals surface area contributed by atoms with Crippen molar-refractivity contribution < 1.29 is 5.11 Å². The van der Waals surface area contributed by atoms with Gasteiger partial charge in [-0.15, -0.1) is 0 Å². The van der Waals surface area contributed by atoms with E-state index in [0.717, 1.165) is 0 Å². The highest BCUT2D eigenvalue weighted by Gasteiger charge is 2.10. The van der Waals surface area contributed by atoms with E-state index in [9.17, 15) is 5.11 Å². The van der Waals surface area contributed by atoms with Crippen molar-refractivity contribution in [3.8, 4) is 0 Å². The minimum Gasteiger partial charge on any atom is -0.389 e. The Labute approximate surface area is 74.8 Å². The topological polar surface area (TPSA) is 33.1 Å². The minimum absolute atomic E-state index is 0.257. The summed E-state index contributed by atoms with van der Waals surface area (Å²) in [7, 11) is 0. The fourth-order valence-electron chi connectivity index (χ4n) is 0.798. The molecule has 4 heteroatoms. The molecule has 1 atom stereocenters. The fraction of sp³-hybridized carbons (Fsp3) is 0.286. The van der Waals surface area contributed by atoms with Crippen molar-refractivity contribution in [3.05, 3.63) is 28.0 Å². The zero-order valence-corrected chi connectivity index (χ0v) is 7.39. The van der Waals surface area contributed by atoms with Crippen molar-refractivity contribution in [1.82, 2.24) is 4.98 Å².